The Morgan fingerprint density at radius 1 is 0.914 bits per heavy atom. The van der Waals surface area contributed by atoms with Gasteiger partial charge in [-0.05, 0) is 61.9 Å². The lowest BCUT2D eigenvalue weighted by Gasteiger charge is -2.29. The normalized spacial score (nSPS) is 12.9. The third-order valence-electron chi connectivity index (χ3n) is 5.91. The Balaban J connectivity index is 1.82. The fourth-order valence-electron chi connectivity index (χ4n) is 3.67. The molecule has 0 radical (unpaired) electrons. The van der Waals surface area contributed by atoms with Gasteiger partial charge in [0.25, 0.3) is 5.91 Å². The molecule has 0 aliphatic carbocycles. The molecule has 0 aromatic heterocycles. The van der Waals surface area contributed by atoms with Crippen LogP contribution in [0.4, 0.5) is 0 Å². The van der Waals surface area contributed by atoms with Gasteiger partial charge in [0.05, 0.1) is 9.35 Å². The number of carboxylic acid groups (broad SMARTS) is 1. The zero-order chi connectivity index (χ0) is 26.8. The van der Waals surface area contributed by atoms with E-state index in [1.807, 2.05) is 56.3 Å². The molecule has 0 saturated carbocycles. The van der Waals surface area contributed by atoms with Crippen LogP contribution in [0.1, 0.15) is 64.6 Å². The zero-order valence-corrected chi connectivity index (χ0v) is 20.4. The maximum Gasteiger partial charge on any atom is 0.303 e. The van der Waals surface area contributed by atoms with Gasteiger partial charge in [0, 0.05) is 30.1 Å². The van der Waals surface area contributed by atoms with Crippen LogP contribution >= 0.6 is 0 Å². The first-order valence-corrected chi connectivity index (χ1v) is 12.2. The summed E-state index contributed by atoms with van der Waals surface area (Å²) in [6, 6.07) is 23.7. The molecular weight excluding hydrogens is 438 g/mol. The van der Waals surface area contributed by atoms with Crippen LogP contribution in [-0.2, 0) is 11.3 Å². The number of aliphatic carboxylic acids is 1. The first-order chi connectivity index (χ1) is 17.8. The van der Waals surface area contributed by atoms with Crippen LogP contribution in [-0.4, -0.2) is 34.5 Å². The lowest BCUT2D eigenvalue weighted by molar-refractivity contribution is -0.137. The molecule has 0 aliphatic rings. The Kier molecular flexibility index (Phi) is 8.82. The molecule has 0 bridgehead atoms. The summed E-state index contributed by atoms with van der Waals surface area (Å²) in [5, 5.41) is 8.78. The molecule has 0 saturated heterocycles. The average molecular weight is 476 g/mol. The van der Waals surface area contributed by atoms with Gasteiger partial charge in [-0.15, -0.1) is 0 Å². The first kappa shape index (κ1) is 23.2. The number of hydrogen-bond acceptors (Lipinski definition) is 3. The lowest BCUT2D eigenvalue weighted by atomic mass is 10.0. The minimum Gasteiger partial charge on any atom is -0.493 e. The predicted octanol–water partition coefficient (Wildman–Crippen LogP) is 6.82. The van der Waals surface area contributed by atoms with Crippen molar-refractivity contribution in [3.8, 4) is 16.9 Å². The number of nitrogens with zero attached hydrogens (tertiary/aromatic N) is 1. The number of carbonyl (C=O) groups excluding carboxylic acids is 1. The minimum atomic E-state index is -2.12. The van der Waals surface area contributed by atoms with Crippen molar-refractivity contribution in [3.05, 3.63) is 90.0 Å². The van der Waals surface area contributed by atoms with Crippen LogP contribution < -0.4 is 4.74 Å². The highest BCUT2D eigenvalue weighted by atomic mass is 16.5. The largest absolute Gasteiger partial charge is 0.493 e. The summed E-state index contributed by atoms with van der Waals surface area (Å²) in [7, 11) is 0. The first-order valence-electron chi connectivity index (χ1n) is 13.2. The van der Waals surface area contributed by atoms with E-state index >= 15 is 0 Å². The van der Waals surface area contributed by atoms with Gasteiger partial charge in [-0.3, -0.25) is 9.59 Å². The number of ether oxygens (including phenoxy) is 1. The summed E-state index contributed by atoms with van der Waals surface area (Å²) in [6.45, 7) is 1.99. The van der Waals surface area contributed by atoms with Crippen LogP contribution in [0.25, 0.3) is 11.1 Å². The zero-order valence-electron chi connectivity index (χ0n) is 22.4. The van der Waals surface area contributed by atoms with E-state index in [4.69, 9.17) is 12.6 Å². The minimum absolute atomic E-state index is 0.122. The Bertz CT molecular complexity index is 1170. The van der Waals surface area contributed by atoms with E-state index in [0.29, 0.717) is 43.6 Å². The maximum atomic E-state index is 13.7. The van der Waals surface area contributed by atoms with Gasteiger partial charge in [0.2, 0.25) is 0 Å². The molecule has 184 valence electrons. The van der Waals surface area contributed by atoms with Crippen molar-refractivity contribution in [1.82, 2.24) is 4.90 Å². The smallest absolute Gasteiger partial charge is 0.303 e. The molecule has 0 spiro atoms. The van der Waals surface area contributed by atoms with Gasteiger partial charge < -0.3 is 14.7 Å². The molecule has 1 unspecified atom stereocenters. The molecule has 0 fully saturated rings. The van der Waals surface area contributed by atoms with Gasteiger partial charge in [-0.1, -0.05) is 67.6 Å². The number of carbonyl (C=O) groups is 2. The van der Waals surface area contributed by atoms with Gasteiger partial charge >= 0.3 is 5.97 Å². The molecule has 3 rings (SSSR count). The molecule has 1 N–H and O–H groups in total. The van der Waals surface area contributed by atoms with Crippen molar-refractivity contribution in [2.45, 2.75) is 58.5 Å². The van der Waals surface area contributed by atoms with Crippen molar-refractivity contribution in [2.24, 2.45) is 0 Å². The van der Waals surface area contributed by atoms with Crippen molar-refractivity contribution in [3.63, 3.8) is 0 Å². The van der Waals surface area contributed by atoms with Crippen LogP contribution in [0.3, 0.4) is 0 Å². The summed E-state index contributed by atoms with van der Waals surface area (Å²) in [5.41, 5.74) is 2.73. The fourth-order valence-corrected chi connectivity index (χ4v) is 3.67. The molecule has 1 amide bonds. The van der Waals surface area contributed by atoms with Gasteiger partial charge in [-0.2, -0.15) is 0 Å². The average Bonchev–Trinajstić information content (AvgIpc) is 2.91. The summed E-state index contributed by atoms with van der Waals surface area (Å²) >= 11 is 0. The van der Waals surface area contributed by atoms with Gasteiger partial charge in [0.15, 0.2) is 0 Å². The number of carboxylic acids is 1. The molecular formula is C30H35NO4. The van der Waals surface area contributed by atoms with Crippen molar-refractivity contribution >= 4 is 11.9 Å². The summed E-state index contributed by atoms with van der Waals surface area (Å²) in [5.74, 6) is -0.822. The van der Waals surface area contributed by atoms with Crippen molar-refractivity contribution in [2.75, 3.05) is 6.61 Å². The second-order valence-corrected chi connectivity index (χ2v) is 8.54. The Morgan fingerprint density at radius 3 is 2.26 bits per heavy atom. The van der Waals surface area contributed by atoms with Crippen LogP contribution in [0.5, 0.6) is 5.75 Å². The summed E-state index contributed by atoms with van der Waals surface area (Å²) in [6.07, 6.45) is 2.64. The third-order valence-corrected chi connectivity index (χ3v) is 5.91. The molecule has 1 atom stereocenters. The topological polar surface area (TPSA) is 66.8 Å². The van der Waals surface area contributed by atoms with Crippen LogP contribution in [0, 0.1) is 0 Å². The van der Waals surface area contributed by atoms with E-state index in [-0.39, 0.29) is 23.9 Å². The van der Waals surface area contributed by atoms with E-state index in [2.05, 4.69) is 0 Å². The van der Waals surface area contributed by atoms with E-state index in [1.165, 1.54) is 4.90 Å². The standard InChI is InChI=1S/C30H35NO4/c1-3-23(2)31(30(34)26-19-17-25(18-20-26)24-12-6-4-7-13-24)22-27-14-9-10-15-28(27)35-21-11-5-8-16-29(32)33/h4,6-7,9-10,12-15,17-20,23H,3,5,8,11,16,21-22H2,1-2H3,(H,32,33)/i22D2. The molecule has 35 heavy (non-hydrogen) atoms. The number of para-hydroxylation sites is 1. The number of rotatable bonds is 13. The molecule has 0 heterocycles. The highest BCUT2D eigenvalue weighted by molar-refractivity contribution is 5.95. The Morgan fingerprint density at radius 2 is 1.57 bits per heavy atom. The van der Waals surface area contributed by atoms with E-state index in [0.717, 1.165) is 11.1 Å². The third kappa shape index (κ3) is 7.71. The number of amides is 1. The van der Waals surface area contributed by atoms with E-state index < -0.39 is 12.5 Å². The van der Waals surface area contributed by atoms with Gasteiger partial charge in [0.1, 0.15) is 5.75 Å². The summed E-state index contributed by atoms with van der Waals surface area (Å²) < 4.78 is 24.1. The fraction of sp³-hybridized carbons (Fsp3) is 0.333. The SMILES string of the molecule is [2H]C([2H])(c1ccccc1OCCCCCC(=O)O)N(C(=O)c1ccc(-c2ccccc2)cc1)C(C)CC. The monoisotopic (exact) mass is 475 g/mol. The molecule has 5 nitrogen and oxygen atoms in total. The van der Waals surface area contributed by atoms with Crippen LogP contribution in [0.15, 0.2) is 78.9 Å². The second kappa shape index (κ2) is 13.3. The highest BCUT2D eigenvalue weighted by Gasteiger charge is 2.22. The quantitative estimate of drug-likeness (QED) is 0.276. The van der Waals surface area contributed by atoms with Gasteiger partial charge in [-0.25, -0.2) is 0 Å². The number of benzene rings is 3. The maximum absolute atomic E-state index is 13.7. The summed E-state index contributed by atoms with van der Waals surface area (Å²) in [4.78, 5) is 25.7. The number of hydrogen-bond donors (Lipinski definition) is 1. The predicted molar refractivity (Wildman–Crippen MR) is 140 cm³/mol. The molecule has 0 aliphatic heterocycles. The second-order valence-electron chi connectivity index (χ2n) is 8.54. The molecule has 3 aromatic carbocycles. The van der Waals surface area contributed by atoms with Crippen molar-refractivity contribution in [1.29, 1.82) is 0 Å². The Labute approximate surface area is 211 Å². The highest BCUT2D eigenvalue weighted by Crippen LogP contribution is 2.25. The molecule has 5 heteroatoms. The lowest BCUT2D eigenvalue weighted by Crippen LogP contribution is -2.37. The Hall–Kier alpha value is -3.60. The van der Waals surface area contributed by atoms with E-state index in [9.17, 15) is 9.59 Å². The van der Waals surface area contributed by atoms with E-state index in [1.54, 1.807) is 36.4 Å². The molecule has 3 aromatic rings. The number of unbranched alkanes of at least 4 members (excludes halogenated alkanes) is 2. The van der Waals surface area contributed by atoms with Crippen LogP contribution in [0.2, 0.25) is 0 Å². The van der Waals surface area contributed by atoms with Crippen molar-refractivity contribution < 1.29 is 22.2 Å².